The largest absolute Gasteiger partial charge is 0.482 e. The highest BCUT2D eigenvalue weighted by molar-refractivity contribution is 6.05. The number of fused-ring (bicyclic) bond motifs is 1. The van der Waals surface area contributed by atoms with Crippen molar-refractivity contribution in [3.63, 3.8) is 0 Å². The lowest BCUT2D eigenvalue weighted by atomic mass is 10.1. The number of anilines is 1. The minimum Gasteiger partial charge on any atom is -0.482 e. The van der Waals surface area contributed by atoms with Crippen molar-refractivity contribution in [1.29, 1.82) is 0 Å². The quantitative estimate of drug-likeness (QED) is 0.458. The third-order valence-electron chi connectivity index (χ3n) is 5.59. The van der Waals surface area contributed by atoms with Gasteiger partial charge in [-0.3, -0.25) is 24.3 Å². The molecule has 4 rings (SSSR count). The van der Waals surface area contributed by atoms with E-state index in [9.17, 15) is 23.2 Å². The number of Topliss-reactive ketones (excluding diaryl/α,β-unsaturated/α-hetero) is 1. The van der Waals surface area contributed by atoms with Crippen molar-refractivity contribution in [2.24, 2.45) is 0 Å². The number of aromatic nitrogens is 1. The monoisotopic (exact) mass is 495 g/mol. The highest BCUT2D eigenvalue weighted by atomic mass is 19.1. The number of halogens is 2. The van der Waals surface area contributed by atoms with Crippen LogP contribution in [-0.4, -0.2) is 48.4 Å². The molecule has 0 bridgehead atoms. The molecule has 2 amide bonds. The second-order valence-electron chi connectivity index (χ2n) is 8.06. The van der Waals surface area contributed by atoms with Crippen LogP contribution in [0.2, 0.25) is 0 Å². The summed E-state index contributed by atoms with van der Waals surface area (Å²) in [6.45, 7) is 1.15. The molecule has 0 spiro atoms. The molecule has 0 unspecified atom stereocenters. The summed E-state index contributed by atoms with van der Waals surface area (Å²) in [7, 11) is 0. The molecule has 1 aliphatic heterocycles. The molecule has 10 heteroatoms. The maximum absolute atomic E-state index is 13.8. The third-order valence-corrected chi connectivity index (χ3v) is 5.59. The Labute approximate surface area is 205 Å². The Morgan fingerprint density at radius 2 is 2.00 bits per heavy atom. The number of ether oxygens (including phenoxy) is 2. The Morgan fingerprint density at radius 1 is 1.17 bits per heavy atom. The number of nitrogens with one attached hydrogen (secondary N) is 1. The topological polar surface area (TPSA) is 97.8 Å². The van der Waals surface area contributed by atoms with Crippen molar-refractivity contribution < 1.29 is 32.6 Å². The van der Waals surface area contributed by atoms with E-state index >= 15 is 0 Å². The maximum atomic E-state index is 13.8. The van der Waals surface area contributed by atoms with Crippen LogP contribution in [0, 0.1) is 11.6 Å². The van der Waals surface area contributed by atoms with Gasteiger partial charge in [-0.1, -0.05) is 6.07 Å². The number of carbonyl (C=O) groups excluding carboxylic acids is 3. The van der Waals surface area contributed by atoms with E-state index in [0.717, 1.165) is 17.8 Å². The van der Waals surface area contributed by atoms with Crippen LogP contribution in [-0.2, 0) is 16.0 Å². The normalized spacial score (nSPS) is 13.4. The smallest absolute Gasteiger partial charge is 0.265 e. The molecule has 0 fully saturated rings. The summed E-state index contributed by atoms with van der Waals surface area (Å²) < 4.78 is 37.5. The molecule has 1 aliphatic rings. The zero-order valence-electron chi connectivity index (χ0n) is 19.4. The fraction of sp³-hybridized carbons (Fsp3) is 0.231. The van der Waals surface area contributed by atoms with Gasteiger partial charge in [0, 0.05) is 36.5 Å². The maximum Gasteiger partial charge on any atom is 0.265 e. The molecule has 2 heterocycles. The molecule has 3 aromatic rings. The van der Waals surface area contributed by atoms with E-state index in [-0.39, 0.29) is 29.5 Å². The van der Waals surface area contributed by atoms with Gasteiger partial charge in [0.15, 0.2) is 30.6 Å². The van der Waals surface area contributed by atoms with E-state index in [0.29, 0.717) is 24.8 Å². The minimum atomic E-state index is -0.929. The standard InChI is InChI=1S/C26H23F2N3O5/c1-16(26(34)30-11-9-19-4-2-3-10-29-19)31-21-12-17(5-7-24(21)36-15-25(31)33)22(32)14-35-23-8-6-18(27)13-20(23)28/h2-8,10,12-13,16H,9,11,14-15H2,1H3,(H,30,34)/t16-/m0/s1. The third kappa shape index (κ3) is 5.65. The van der Waals surface area contributed by atoms with E-state index in [1.165, 1.54) is 23.1 Å². The first-order valence-electron chi connectivity index (χ1n) is 11.2. The number of ketones is 1. The van der Waals surface area contributed by atoms with E-state index in [1.54, 1.807) is 19.2 Å². The summed E-state index contributed by atoms with van der Waals surface area (Å²) in [5.74, 6) is -2.94. The van der Waals surface area contributed by atoms with E-state index in [2.05, 4.69) is 10.3 Å². The van der Waals surface area contributed by atoms with E-state index in [4.69, 9.17) is 9.47 Å². The minimum absolute atomic E-state index is 0.169. The van der Waals surface area contributed by atoms with E-state index < -0.39 is 36.0 Å². The SMILES string of the molecule is C[C@@H](C(=O)NCCc1ccccn1)N1C(=O)COc2ccc(C(=O)COc3ccc(F)cc3F)cc21. The Morgan fingerprint density at radius 3 is 2.75 bits per heavy atom. The Bertz CT molecular complexity index is 1290. The Balaban J connectivity index is 1.45. The Hall–Kier alpha value is -4.34. The van der Waals surface area contributed by atoms with Crippen LogP contribution in [0.1, 0.15) is 23.0 Å². The summed E-state index contributed by atoms with van der Waals surface area (Å²) >= 11 is 0. The molecule has 0 aliphatic carbocycles. The first kappa shape index (κ1) is 24.8. The lowest BCUT2D eigenvalue weighted by Gasteiger charge is -2.33. The predicted octanol–water partition coefficient (Wildman–Crippen LogP) is 3.09. The summed E-state index contributed by atoms with van der Waals surface area (Å²) in [6.07, 6.45) is 2.20. The van der Waals surface area contributed by atoms with Crippen LogP contribution in [0.3, 0.4) is 0 Å². The van der Waals surface area contributed by atoms with Crippen molar-refractivity contribution >= 4 is 23.3 Å². The van der Waals surface area contributed by atoms with Gasteiger partial charge in [0.05, 0.1) is 5.69 Å². The van der Waals surface area contributed by atoms with Gasteiger partial charge in [0.2, 0.25) is 5.91 Å². The van der Waals surface area contributed by atoms with Crippen LogP contribution in [0.4, 0.5) is 14.5 Å². The molecule has 0 saturated heterocycles. The molecule has 1 aromatic heterocycles. The number of nitrogens with zero attached hydrogens (tertiary/aromatic N) is 2. The molecule has 0 radical (unpaired) electrons. The summed E-state index contributed by atoms with van der Waals surface area (Å²) in [4.78, 5) is 43.7. The van der Waals surface area contributed by atoms with Gasteiger partial charge in [-0.05, 0) is 49.4 Å². The number of pyridine rings is 1. The van der Waals surface area contributed by atoms with Crippen molar-refractivity contribution in [3.8, 4) is 11.5 Å². The van der Waals surface area contributed by atoms with Crippen LogP contribution < -0.4 is 19.7 Å². The first-order valence-corrected chi connectivity index (χ1v) is 11.2. The summed E-state index contributed by atoms with van der Waals surface area (Å²) in [5, 5.41) is 2.80. The molecular weight excluding hydrogens is 472 g/mol. The van der Waals surface area contributed by atoms with Gasteiger partial charge < -0.3 is 14.8 Å². The molecule has 0 saturated carbocycles. The lowest BCUT2D eigenvalue weighted by Crippen LogP contribution is -2.51. The average Bonchev–Trinajstić information content (AvgIpc) is 2.87. The first-order chi connectivity index (χ1) is 17.3. The van der Waals surface area contributed by atoms with Gasteiger partial charge in [0.1, 0.15) is 17.6 Å². The van der Waals surface area contributed by atoms with Gasteiger partial charge in [0.25, 0.3) is 5.91 Å². The van der Waals surface area contributed by atoms with Crippen molar-refractivity contribution in [2.45, 2.75) is 19.4 Å². The van der Waals surface area contributed by atoms with Crippen LogP contribution in [0.25, 0.3) is 0 Å². The fourth-order valence-corrected chi connectivity index (χ4v) is 3.71. The fourth-order valence-electron chi connectivity index (χ4n) is 3.71. The number of benzene rings is 2. The van der Waals surface area contributed by atoms with Gasteiger partial charge in [-0.15, -0.1) is 0 Å². The highest BCUT2D eigenvalue weighted by Gasteiger charge is 2.33. The van der Waals surface area contributed by atoms with Crippen molar-refractivity contribution in [2.75, 3.05) is 24.7 Å². The molecule has 1 atom stereocenters. The van der Waals surface area contributed by atoms with E-state index in [1.807, 2.05) is 12.1 Å². The second-order valence-corrected chi connectivity index (χ2v) is 8.06. The van der Waals surface area contributed by atoms with Gasteiger partial charge >= 0.3 is 0 Å². The number of carbonyl (C=O) groups is 3. The predicted molar refractivity (Wildman–Crippen MR) is 126 cm³/mol. The molecule has 1 N–H and O–H groups in total. The number of hydrogen-bond donors (Lipinski definition) is 1. The molecular formula is C26H23F2N3O5. The van der Waals surface area contributed by atoms with Crippen LogP contribution in [0.5, 0.6) is 11.5 Å². The molecule has 2 aromatic carbocycles. The average molecular weight is 495 g/mol. The highest BCUT2D eigenvalue weighted by Crippen LogP contribution is 2.34. The second kappa shape index (κ2) is 10.9. The number of hydrogen-bond acceptors (Lipinski definition) is 6. The lowest BCUT2D eigenvalue weighted by molar-refractivity contribution is -0.127. The van der Waals surface area contributed by atoms with Crippen molar-refractivity contribution in [1.82, 2.24) is 10.3 Å². The van der Waals surface area contributed by atoms with Gasteiger partial charge in [-0.2, -0.15) is 0 Å². The molecule has 8 nitrogen and oxygen atoms in total. The number of rotatable bonds is 9. The summed E-state index contributed by atoms with van der Waals surface area (Å²) in [5.41, 5.74) is 1.25. The molecule has 186 valence electrons. The Kier molecular flexibility index (Phi) is 7.53. The molecule has 36 heavy (non-hydrogen) atoms. The zero-order chi connectivity index (χ0) is 25.7. The zero-order valence-corrected chi connectivity index (χ0v) is 19.4. The number of amides is 2. The van der Waals surface area contributed by atoms with Gasteiger partial charge in [-0.25, -0.2) is 8.78 Å². The summed E-state index contributed by atoms with van der Waals surface area (Å²) in [6, 6.07) is 11.8. The van der Waals surface area contributed by atoms with Crippen LogP contribution in [0.15, 0.2) is 60.8 Å². The van der Waals surface area contributed by atoms with Crippen LogP contribution >= 0.6 is 0 Å². The van der Waals surface area contributed by atoms with Crippen molar-refractivity contribution in [3.05, 3.63) is 83.7 Å².